The van der Waals surface area contributed by atoms with Crippen LogP contribution in [0.25, 0.3) is 0 Å². The molecule has 0 aromatic carbocycles. The molecule has 1 N–H and O–H groups in total. The van der Waals surface area contributed by atoms with Crippen LogP contribution in [0, 0.1) is 0 Å². The fraction of sp³-hybridized carbons (Fsp3) is 1.00. The molecular weight excluding hydrogens is 274 g/mol. The van der Waals surface area contributed by atoms with Gasteiger partial charge in [-0.3, -0.25) is 13.7 Å². The molecule has 0 spiro atoms. The second-order valence-corrected chi connectivity index (χ2v) is 3.83. The van der Waals surface area contributed by atoms with Crippen LogP contribution in [0.5, 0.6) is 0 Å². The van der Waals surface area contributed by atoms with Gasteiger partial charge in [0.25, 0.3) is 0 Å². The molecule has 0 aromatic heterocycles. The largest absolute Gasteiger partial charge is 0.366 e. The molecule has 0 aromatic rings. The van der Waals surface area contributed by atoms with Gasteiger partial charge in [0.05, 0.1) is 0 Å². The number of hydrogen-bond donors (Lipinski definition) is 1. The van der Waals surface area contributed by atoms with Crippen molar-refractivity contribution in [2.45, 2.75) is 6.29 Å². The van der Waals surface area contributed by atoms with Crippen LogP contribution in [0.15, 0.2) is 0 Å². The molecule has 1 fully saturated rings. The predicted octanol–water partition coefficient (Wildman–Crippen LogP) is -1.38. The van der Waals surface area contributed by atoms with E-state index in [1.807, 2.05) is 0 Å². The molecule has 6 nitrogen and oxygen atoms in total. The third-order valence-electron chi connectivity index (χ3n) is 0.743. The van der Waals surface area contributed by atoms with E-state index in [0.29, 0.717) is 0 Å². The van der Waals surface area contributed by atoms with Crippen molar-refractivity contribution in [2.75, 3.05) is 6.61 Å². The standard InChI is InChI=1S/C2H6O6P2.4Na/c3-2-1-6-9(4)8-10(5)7-2;;;;/h2-3,9-10H,1H2;;;;. The van der Waals surface area contributed by atoms with Crippen LogP contribution in [0.2, 0.25) is 0 Å². The second kappa shape index (κ2) is 15.4. The van der Waals surface area contributed by atoms with Gasteiger partial charge in [-0.05, 0) is 0 Å². The van der Waals surface area contributed by atoms with E-state index in [1.165, 1.54) is 0 Å². The van der Waals surface area contributed by atoms with E-state index in [0.717, 1.165) is 0 Å². The van der Waals surface area contributed by atoms with Crippen LogP contribution in [0.4, 0.5) is 0 Å². The third kappa shape index (κ3) is 12.7. The minimum Gasteiger partial charge on any atom is -0.366 e. The van der Waals surface area contributed by atoms with E-state index in [9.17, 15) is 9.13 Å². The van der Waals surface area contributed by atoms with Crippen molar-refractivity contribution in [1.29, 1.82) is 0 Å². The molecule has 1 rings (SSSR count). The molecule has 0 amide bonds. The molecule has 3 unspecified atom stereocenters. The first-order valence-corrected chi connectivity index (χ1v) is 4.87. The maximum Gasteiger partial charge on any atom is 0.328 e. The van der Waals surface area contributed by atoms with Gasteiger partial charge in [-0.25, -0.2) is 4.31 Å². The summed E-state index contributed by atoms with van der Waals surface area (Å²) in [6.45, 7) is -0.270. The first-order chi connectivity index (χ1) is 4.68. The van der Waals surface area contributed by atoms with Crippen molar-refractivity contribution < 1.29 is 27.6 Å². The Hall–Kier alpha value is 4.30. The molecule has 0 bridgehead atoms. The topological polar surface area (TPSA) is 82.1 Å². The van der Waals surface area contributed by atoms with Crippen LogP contribution < -0.4 is 0 Å². The molecule has 12 heteroatoms. The fourth-order valence-electron chi connectivity index (χ4n) is 0.406. The number of hydrogen-bond acceptors (Lipinski definition) is 6. The van der Waals surface area contributed by atoms with Crippen LogP contribution in [0.1, 0.15) is 0 Å². The van der Waals surface area contributed by atoms with Gasteiger partial charge in [0, 0.05) is 118 Å². The van der Waals surface area contributed by atoms with Gasteiger partial charge in [-0.1, -0.05) is 0 Å². The van der Waals surface area contributed by atoms with Crippen molar-refractivity contribution in [1.82, 2.24) is 0 Å². The maximum atomic E-state index is 10.4. The average molecular weight is 280 g/mol. The van der Waals surface area contributed by atoms with E-state index in [1.54, 1.807) is 0 Å². The minimum absolute atomic E-state index is 0. The van der Waals surface area contributed by atoms with Crippen molar-refractivity contribution in [3.63, 3.8) is 0 Å². The van der Waals surface area contributed by atoms with Crippen molar-refractivity contribution in [2.24, 2.45) is 0 Å². The molecule has 1 heterocycles. The summed E-state index contributed by atoms with van der Waals surface area (Å²) in [6, 6.07) is 0. The molecule has 4 radical (unpaired) electrons. The summed E-state index contributed by atoms with van der Waals surface area (Å²) >= 11 is 0. The van der Waals surface area contributed by atoms with Gasteiger partial charge in [0.1, 0.15) is 6.61 Å². The van der Waals surface area contributed by atoms with Crippen molar-refractivity contribution >= 4 is 135 Å². The fourth-order valence-corrected chi connectivity index (χ4v) is 1.95. The zero-order valence-corrected chi connectivity index (χ0v) is 18.8. The maximum absolute atomic E-state index is 10.4. The van der Waals surface area contributed by atoms with Crippen LogP contribution in [-0.4, -0.2) is 136 Å². The molecule has 1 aliphatic heterocycles. The minimum atomic E-state index is -2.82. The summed E-state index contributed by atoms with van der Waals surface area (Å²) in [6.07, 6.45) is -1.30. The summed E-state index contributed by atoms with van der Waals surface area (Å²) in [4.78, 5) is 0. The first-order valence-electron chi connectivity index (χ1n) is 2.42. The van der Waals surface area contributed by atoms with Crippen molar-refractivity contribution in [3.8, 4) is 0 Å². The first kappa shape index (κ1) is 26.8. The van der Waals surface area contributed by atoms with Crippen LogP contribution in [-0.2, 0) is 22.5 Å². The summed E-state index contributed by atoms with van der Waals surface area (Å²) in [5.74, 6) is 0. The monoisotopic (exact) mass is 280 g/mol. The van der Waals surface area contributed by atoms with Crippen LogP contribution in [0.3, 0.4) is 0 Å². The Morgan fingerprint density at radius 1 is 1.07 bits per heavy atom. The number of aliphatic hydroxyl groups is 1. The zero-order chi connectivity index (χ0) is 7.56. The Balaban J connectivity index is -0.000000125. The molecule has 64 valence electrons. The Morgan fingerprint density at radius 3 is 2.07 bits per heavy atom. The Kier molecular flexibility index (Phi) is 29.4. The Morgan fingerprint density at radius 2 is 1.57 bits per heavy atom. The van der Waals surface area contributed by atoms with E-state index < -0.39 is 22.8 Å². The average Bonchev–Trinajstić information content (AvgIpc) is 1.93. The SMILES string of the molecule is O=[PH]1OCC(O)O[PH](=O)O1.[Na].[Na].[Na].[Na]. The van der Waals surface area contributed by atoms with Crippen molar-refractivity contribution in [3.05, 3.63) is 0 Å². The summed E-state index contributed by atoms with van der Waals surface area (Å²) in [5.41, 5.74) is 0. The molecular formula is C2H6Na4O6P2. The normalized spacial score (nSPS) is 30.5. The van der Waals surface area contributed by atoms with Gasteiger partial charge in [0.15, 0.2) is 6.29 Å². The molecule has 3 atom stereocenters. The van der Waals surface area contributed by atoms with E-state index >= 15 is 0 Å². The molecule has 0 aliphatic carbocycles. The smallest absolute Gasteiger partial charge is 0.328 e. The number of rotatable bonds is 0. The van der Waals surface area contributed by atoms with E-state index in [-0.39, 0.29) is 125 Å². The van der Waals surface area contributed by atoms with E-state index in [4.69, 9.17) is 5.11 Å². The predicted molar refractivity (Wildman–Crippen MR) is 55.1 cm³/mol. The van der Waals surface area contributed by atoms with Gasteiger partial charge < -0.3 is 9.63 Å². The Labute approximate surface area is 172 Å². The summed E-state index contributed by atoms with van der Waals surface area (Å²) in [5, 5.41) is 8.65. The molecule has 1 saturated heterocycles. The van der Waals surface area contributed by atoms with Gasteiger partial charge >= 0.3 is 16.5 Å². The third-order valence-corrected chi connectivity index (χ3v) is 2.94. The quantitative estimate of drug-likeness (QED) is 0.435. The molecule has 1 aliphatic rings. The molecule has 0 saturated carbocycles. The second-order valence-electron chi connectivity index (χ2n) is 1.49. The Bertz CT molecular complexity index is 179. The zero-order valence-electron chi connectivity index (χ0n) is 8.77. The summed E-state index contributed by atoms with van der Waals surface area (Å²) in [7, 11) is -5.53. The van der Waals surface area contributed by atoms with Gasteiger partial charge in [0.2, 0.25) is 0 Å². The van der Waals surface area contributed by atoms with Crippen LogP contribution >= 0.6 is 16.5 Å². The van der Waals surface area contributed by atoms with Gasteiger partial charge in [-0.2, -0.15) is 0 Å². The van der Waals surface area contributed by atoms with E-state index in [2.05, 4.69) is 13.4 Å². The number of aliphatic hydroxyl groups excluding tert-OH is 1. The summed E-state index contributed by atoms with van der Waals surface area (Å²) < 4.78 is 33.6. The molecule has 14 heavy (non-hydrogen) atoms. The van der Waals surface area contributed by atoms with Gasteiger partial charge in [-0.15, -0.1) is 0 Å².